The molecule has 0 spiro atoms. The van der Waals surface area contributed by atoms with Gasteiger partial charge >= 0.3 is 0 Å². The normalized spacial score (nSPS) is 31.3. The summed E-state index contributed by atoms with van der Waals surface area (Å²) in [6.45, 7) is 5.13. The molecule has 3 atom stereocenters. The fourth-order valence-electron chi connectivity index (χ4n) is 4.51. The first-order valence-corrected chi connectivity index (χ1v) is 8.16. The van der Waals surface area contributed by atoms with E-state index in [1.165, 1.54) is 37.5 Å². The summed E-state index contributed by atoms with van der Waals surface area (Å²) < 4.78 is 28.1. The van der Waals surface area contributed by atoms with E-state index in [4.69, 9.17) is 0 Å². The molecule has 0 aliphatic heterocycles. The van der Waals surface area contributed by atoms with Crippen LogP contribution in [0.2, 0.25) is 0 Å². The van der Waals surface area contributed by atoms with Gasteiger partial charge in [0.1, 0.15) is 11.6 Å². The van der Waals surface area contributed by atoms with Gasteiger partial charge < -0.3 is 5.32 Å². The average molecular weight is 293 g/mol. The Morgan fingerprint density at radius 2 is 1.95 bits per heavy atom. The maximum atomic E-state index is 14.1. The zero-order valence-electron chi connectivity index (χ0n) is 13.0. The second kappa shape index (κ2) is 5.68. The van der Waals surface area contributed by atoms with E-state index in [0.717, 1.165) is 18.9 Å². The molecule has 3 heteroatoms. The Kier molecular flexibility index (Phi) is 4.04. The number of fused-ring (bicyclic) bond motifs is 2. The monoisotopic (exact) mass is 293 g/mol. The molecule has 3 unspecified atom stereocenters. The lowest BCUT2D eigenvalue weighted by Crippen LogP contribution is -2.43. The molecule has 0 saturated heterocycles. The summed E-state index contributed by atoms with van der Waals surface area (Å²) >= 11 is 0. The van der Waals surface area contributed by atoms with E-state index in [-0.39, 0.29) is 22.6 Å². The summed E-state index contributed by atoms with van der Waals surface area (Å²) in [6.07, 6.45) is 5.42. The van der Waals surface area contributed by atoms with E-state index in [2.05, 4.69) is 19.2 Å². The second-order valence-electron chi connectivity index (χ2n) is 7.36. The third-order valence-corrected chi connectivity index (χ3v) is 5.56. The fourth-order valence-corrected chi connectivity index (χ4v) is 4.51. The van der Waals surface area contributed by atoms with Crippen LogP contribution >= 0.6 is 0 Å². The molecule has 0 amide bonds. The van der Waals surface area contributed by atoms with Crippen LogP contribution in [0.4, 0.5) is 8.78 Å². The minimum absolute atomic E-state index is 0.0379. The van der Waals surface area contributed by atoms with E-state index in [9.17, 15) is 8.78 Å². The van der Waals surface area contributed by atoms with Gasteiger partial charge in [-0.1, -0.05) is 26.3 Å². The molecule has 1 N–H and O–H groups in total. The van der Waals surface area contributed by atoms with Crippen LogP contribution in [-0.4, -0.2) is 12.6 Å². The first-order chi connectivity index (χ1) is 10.00. The zero-order valence-corrected chi connectivity index (χ0v) is 13.0. The molecule has 3 rings (SSSR count). The summed E-state index contributed by atoms with van der Waals surface area (Å²) in [4.78, 5) is 0. The van der Waals surface area contributed by atoms with E-state index in [1.54, 1.807) is 0 Å². The van der Waals surface area contributed by atoms with Crippen molar-refractivity contribution in [1.29, 1.82) is 0 Å². The Balaban J connectivity index is 1.86. The minimum Gasteiger partial charge on any atom is -0.314 e. The van der Waals surface area contributed by atoms with Crippen LogP contribution in [0.15, 0.2) is 18.2 Å². The molecule has 116 valence electrons. The summed E-state index contributed by atoms with van der Waals surface area (Å²) in [7, 11) is 0. The Bertz CT molecular complexity index is 494. The summed E-state index contributed by atoms with van der Waals surface area (Å²) in [5, 5.41) is 3.53. The van der Waals surface area contributed by atoms with Gasteiger partial charge in [-0.05, 0) is 55.1 Å². The lowest BCUT2D eigenvalue weighted by atomic mass is 9.69. The predicted octanol–water partition coefficient (Wildman–Crippen LogP) is 4.31. The van der Waals surface area contributed by atoms with Crippen molar-refractivity contribution in [2.75, 3.05) is 6.54 Å². The van der Waals surface area contributed by atoms with Gasteiger partial charge in [0, 0.05) is 18.2 Å². The van der Waals surface area contributed by atoms with Crippen molar-refractivity contribution in [2.45, 2.75) is 52.0 Å². The smallest absolute Gasteiger partial charge is 0.129 e. The maximum Gasteiger partial charge on any atom is 0.129 e. The number of benzene rings is 1. The predicted molar refractivity (Wildman–Crippen MR) is 81.1 cm³/mol. The first kappa shape index (κ1) is 15.0. The molecule has 2 aliphatic rings. The molecule has 1 aromatic carbocycles. The van der Waals surface area contributed by atoms with E-state index >= 15 is 0 Å². The molecular weight excluding hydrogens is 268 g/mol. The van der Waals surface area contributed by atoms with Crippen LogP contribution in [0, 0.1) is 28.9 Å². The van der Waals surface area contributed by atoms with Gasteiger partial charge in [-0.3, -0.25) is 0 Å². The van der Waals surface area contributed by atoms with Crippen LogP contribution in [-0.2, 0) is 6.42 Å². The highest BCUT2D eigenvalue weighted by atomic mass is 19.1. The Morgan fingerprint density at radius 3 is 2.48 bits per heavy atom. The van der Waals surface area contributed by atoms with Crippen molar-refractivity contribution >= 4 is 0 Å². The molecule has 2 fully saturated rings. The van der Waals surface area contributed by atoms with Crippen molar-refractivity contribution in [3.8, 4) is 0 Å². The molecule has 0 aromatic heterocycles. The van der Waals surface area contributed by atoms with Crippen LogP contribution in [0.3, 0.4) is 0 Å². The van der Waals surface area contributed by atoms with Crippen molar-refractivity contribution in [3.63, 3.8) is 0 Å². The lowest BCUT2D eigenvalue weighted by molar-refractivity contribution is 0.149. The number of nitrogens with one attached hydrogen (secondary N) is 1. The third-order valence-electron chi connectivity index (χ3n) is 5.56. The summed E-state index contributed by atoms with van der Waals surface area (Å²) in [5.41, 5.74) is 0.326. The molecule has 1 nitrogen and oxygen atoms in total. The van der Waals surface area contributed by atoms with Crippen LogP contribution in [0.25, 0.3) is 0 Å². The molecule has 0 heterocycles. The van der Waals surface area contributed by atoms with Crippen LogP contribution in [0.5, 0.6) is 0 Å². The second-order valence-corrected chi connectivity index (χ2v) is 7.36. The van der Waals surface area contributed by atoms with E-state index in [1.807, 2.05) is 0 Å². The van der Waals surface area contributed by atoms with Crippen LogP contribution < -0.4 is 5.32 Å². The van der Waals surface area contributed by atoms with Crippen LogP contribution in [0.1, 0.15) is 45.1 Å². The molecule has 1 aromatic rings. The number of hydrogen-bond acceptors (Lipinski definition) is 1. The Hall–Kier alpha value is -0.960. The van der Waals surface area contributed by atoms with E-state index < -0.39 is 0 Å². The Morgan fingerprint density at radius 1 is 1.24 bits per heavy atom. The fraction of sp³-hybridized carbons (Fsp3) is 0.667. The van der Waals surface area contributed by atoms with Gasteiger partial charge in [0.15, 0.2) is 0 Å². The maximum absolute atomic E-state index is 14.1. The number of halogens is 2. The summed E-state index contributed by atoms with van der Waals surface area (Å²) in [6, 6.07) is 4.63. The Labute approximate surface area is 126 Å². The van der Waals surface area contributed by atoms with Crippen molar-refractivity contribution < 1.29 is 8.78 Å². The first-order valence-electron chi connectivity index (χ1n) is 8.16. The van der Waals surface area contributed by atoms with Gasteiger partial charge in [0.25, 0.3) is 0 Å². The van der Waals surface area contributed by atoms with Gasteiger partial charge in [-0.15, -0.1) is 0 Å². The standard InChI is InChI=1S/C18H25F2N/c1-12(2)21-11-18(9-13-6-7-14(18)8-13)10-15-16(19)4-3-5-17(15)20/h3-5,12-14,21H,6-11H2,1-2H3. The highest BCUT2D eigenvalue weighted by Crippen LogP contribution is 2.57. The van der Waals surface area contributed by atoms with E-state index in [0.29, 0.717) is 18.4 Å². The van der Waals surface area contributed by atoms with Gasteiger partial charge in [0.2, 0.25) is 0 Å². The van der Waals surface area contributed by atoms with Gasteiger partial charge in [-0.2, -0.15) is 0 Å². The van der Waals surface area contributed by atoms with Crippen molar-refractivity contribution in [3.05, 3.63) is 35.4 Å². The highest BCUT2D eigenvalue weighted by Gasteiger charge is 2.50. The third kappa shape index (κ3) is 2.85. The molecule has 0 radical (unpaired) electrons. The SMILES string of the molecule is CC(C)NCC1(Cc2c(F)cccc2F)CC2CCC1C2. The molecule has 2 aliphatic carbocycles. The lowest BCUT2D eigenvalue weighted by Gasteiger charge is -2.39. The van der Waals surface area contributed by atoms with Gasteiger partial charge in [-0.25, -0.2) is 8.78 Å². The molecule has 2 saturated carbocycles. The minimum atomic E-state index is -0.387. The number of rotatable bonds is 5. The quantitative estimate of drug-likeness (QED) is 0.853. The largest absolute Gasteiger partial charge is 0.314 e. The van der Waals surface area contributed by atoms with Gasteiger partial charge in [0.05, 0.1) is 0 Å². The average Bonchev–Trinajstić information content (AvgIpc) is 3.02. The summed E-state index contributed by atoms with van der Waals surface area (Å²) in [5.74, 6) is 0.606. The van der Waals surface area contributed by atoms with Crippen molar-refractivity contribution in [2.24, 2.45) is 17.3 Å². The number of hydrogen-bond donors (Lipinski definition) is 1. The highest BCUT2D eigenvalue weighted by molar-refractivity contribution is 5.23. The molecule has 2 bridgehead atoms. The molecule has 21 heavy (non-hydrogen) atoms. The topological polar surface area (TPSA) is 12.0 Å². The molecular formula is C18H25F2N. The zero-order chi connectivity index (χ0) is 15.0. The van der Waals surface area contributed by atoms with Crippen molar-refractivity contribution in [1.82, 2.24) is 5.32 Å².